The van der Waals surface area contributed by atoms with Gasteiger partial charge in [-0.05, 0) is 29.7 Å². The Hall–Kier alpha value is -3.44. The Labute approximate surface area is 215 Å². The minimum atomic E-state index is -1.22. The average Bonchev–Trinajstić information content (AvgIpc) is 3.64. The molecular formula is C19H19N9O5S3. The van der Waals surface area contributed by atoms with Gasteiger partial charge in [-0.15, -0.1) is 33.3 Å². The van der Waals surface area contributed by atoms with Crippen molar-refractivity contribution in [2.24, 2.45) is 5.16 Å². The first kappa shape index (κ1) is 24.3. The Morgan fingerprint density at radius 1 is 1.44 bits per heavy atom. The Morgan fingerprint density at radius 2 is 2.31 bits per heavy atom. The van der Waals surface area contributed by atoms with E-state index < -0.39 is 29.2 Å². The van der Waals surface area contributed by atoms with Crippen molar-refractivity contribution in [1.82, 2.24) is 35.8 Å². The number of thiazole rings is 1. The van der Waals surface area contributed by atoms with E-state index in [1.54, 1.807) is 5.38 Å². The van der Waals surface area contributed by atoms with Crippen LogP contribution >= 0.6 is 34.9 Å². The molecule has 3 aliphatic rings. The molecule has 0 spiro atoms. The zero-order chi connectivity index (χ0) is 25.2. The Balaban J connectivity index is 1.31. The van der Waals surface area contributed by atoms with E-state index in [0.717, 1.165) is 24.2 Å². The lowest BCUT2D eigenvalue weighted by Crippen LogP contribution is -2.71. The van der Waals surface area contributed by atoms with E-state index in [-0.39, 0.29) is 34.1 Å². The predicted octanol–water partition coefficient (Wildman–Crippen LogP) is 0.209. The van der Waals surface area contributed by atoms with Crippen LogP contribution in [0.3, 0.4) is 0 Å². The molecule has 3 unspecified atom stereocenters. The lowest BCUT2D eigenvalue weighted by atomic mass is 10.0. The second kappa shape index (κ2) is 10.3. The molecular weight excluding hydrogens is 530 g/mol. The van der Waals surface area contributed by atoms with Gasteiger partial charge < -0.3 is 21.0 Å². The van der Waals surface area contributed by atoms with Crippen LogP contribution < -0.4 is 11.1 Å². The molecule has 1 saturated heterocycles. The lowest BCUT2D eigenvalue weighted by Gasteiger charge is -2.49. The maximum Gasteiger partial charge on any atom is 0.352 e. The summed E-state index contributed by atoms with van der Waals surface area (Å²) in [5, 5.41) is 31.6. The number of aromatic amines is 1. The molecule has 2 aliphatic heterocycles. The number of nitrogens with one attached hydrogen (secondary N) is 2. The monoisotopic (exact) mass is 549 g/mol. The number of rotatable bonds is 9. The molecule has 14 nitrogen and oxygen atoms in total. The number of amides is 2. The fraction of sp³-hybridized carbons (Fsp3) is 0.368. The number of tetrazole rings is 1. The minimum Gasteiger partial charge on any atom is -0.477 e. The van der Waals surface area contributed by atoms with Crippen LogP contribution in [0.25, 0.3) is 0 Å². The summed E-state index contributed by atoms with van der Waals surface area (Å²) >= 11 is 3.70. The number of hydrogen-bond acceptors (Lipinski definition) is 13. The topological polar surface area (TPSA) is 202 Å². The summed E-state index contributed by atoms with van der Waals surface area (Å²) in [6.07, 6.45) is 5.15. The van der Waals surface area contributed by atoms with E-state index in [4.69, 9.17) is 10.6 Å². The highest BCUT2D eigenvalue weighted by Gasteiger charge is 2.54. The number of carbonyl (C=O) groups is 3. The number of carbonyl (C=O) groups excluding carboxylic acids is 2. The number of oxime groups is 1. The molecule has 0 saturated carbocycles. The zero-order valence-electron chi connectivity index (χ0n) is 18.4. The molecule has 4 heterocycles. The van der Waals surface area contributed by atoms with E-state index in [1.165, 1.54) is 28.4 Å². The summed E-state index contributed by atoms with van der Waals surface area (Å²) in [7, 11) is 0. The first-order valence-corrected chi connectivity index (χ1v) is 13.5. The summed E-state index contributed by atoms with van der Waals surface area (Å²) in [6.45, 7) is 0. The van der Waals surface area contributed by atoms with Crippen LogP contribution in [0.2, 0.25) is 0 Å². The summed E-state index contributed by atoms with van der Waals surface area (Å²) in [6, 6.07) is -0.934. The number of fused-ring (bicyclic) bond motifs is 1. The third-order valence-corrected chi connectivity index (χ3v) is 8.40. The summed E-state index contributed by atoms with van der Waals surface area (Å²) in [5.74, 6) is -1.79. The van der Waals surface area contributed by atoms with Crippen LogP contribution in [-0.4, -0.2) is 88.1 Å². The van der Waals surface area contributed by atoms with Gasteiger partial charge in [0, 0.05) is 16.9 Å². The van der Waals surface area contributed by atoms with Crippen LogP contribution in [-0.2, 0) is 19.2 Å². The average molecular weight is 550 g/mol. The maximum absolute atomic E-state index is 13.1. The highest BCUT2D eigenvalue weighted by molar-refractivity contribution is 8.01. The Morgan fingerprint density at radius 3 is 2.97 bits per heavy atom. The van der Waals surface area contributed by atoms with Gasteiger partial charge in [-0.25, -0.2) is 9.78 Å². The van der Waals surface area contributed by atoms with Crippen molar-refractivity contribution in [2.75, 3.05) is 17.2 Å². The van der Waals surface area contributed by atoms with Gasteiger partial charge in [0.2, 0.25) is 5.16 Å². The maximum atomic E-state index is 13.1. The van der Waals surface area contributed by atoms with Gasteiger partial charge in [-0.1, -0.05) is 23.0 Å². The number of nitrogen functional groups attached to an aromatic ring is 1. The lowest BCUT2D eigenvalue weighted by molar-refractivity contribution is -0.150. The molecule has 3 atom stereocenters. The van der Waals surface area contributed by atoms with Gasteiger partial charge in [-0.3, -0.25) is 14.5 Å². The molecule has 1 fully saturated rings. The van der Waals surface area contributed by atoms with Gasteiger partial charge >= 0.3 is 5.97 Å². The van der Waals surface area contributed by atoms with Crippen molar-refractivity contribution in [3.05, 3.63) is 34.5 Å². The summed E-state index contributed by atoms with van der Waals surface area (Å²) in [5.41, 5.74) is 6.30. The number of nitrogens with zero attached hydrogens (tertiary/aromatic N) is 6. The molecule has 188 valence electrons. The first-order valence-electron chi connectivity index (χ1n) is 10.6. The quantitative estimate of drug-likeness (QED) is 0.109. The van der Waals surface area contributed by atoms with Gasteiger partial charge in [0.1, 0.15) is 28.9 Å². The molecule has 0 bridgehead atoms. The van der Waals surface area contributed by atoms with E-state index in [0.29, 0.717) is 16.5 Å². The van der Waals surface area contributed by atoms with Crippen molar-refractivity contribution in [3.8, 4) is 0 Å². The largest absolute Gasteiger partial charge is 0.477 e. The SMILES string of the molecule is Nc1nc(/C(=N\OC2C=CCC2)C(=O)NC2C(=O)N3C(C(=O)O)=C(CSc4nn[nH]n4)CSC23)cs1. The van der Waals surface area contributed by atoms with Gasteiger partial charge in [0.25, 0.3) is 11.8 Å². The molecule has 5 rings (SSSR count). The molecule has 2 aromatic heterocycles. The van der Waals surface area contributed by atoms with Crippen LogP contribution in [0.4, 0.5) is 5.13 Å². The first-order chi connectivity index (χ1) is 17.4. The number of nitrogens with two attached hydrogens (primary N) is 1. The van der Waals surface area contributed by atoms with E-state index >= 15 is 0 Å². The number of aromatic nitrogens is 5. The van der Waals surface area contributed by atoms with Gasteiger partial charge in [0.15, 0.2) is 10.8 Å². The fourth-order valence-corrected chi connectivity index (χ4v) is 6.55. The van der Waals surface area contributed by atoms with E-state index in [2.05, 4.69) is 36.1 Å². The second-order valence-corrected chi connectivity index (χ2v) is 10.7. The van der Waals surface area contributed by atoms with Gasteiger partial charge in [0.05, 0.1) is 0 Å². The molecule has 36 heavy (non-hydrogen) atoms. The zero-order valence-corrected chi connectivity index (χ0v) is 20.8. The third kappa shape index (κ3) is 4.80. The normalized spacial score (nSPS) is 23.4. The number of carboxylic acid groups (broad SMARTS) is 1. The minimum absolute atomic E-state index is 0.0947. The summed E-state index contributed by atoms with van der Waals surface area (Å²) < 4.78 is 0. The predicted molar refractivity (Wildman–Crippen MR) is 131 cm³/mol. The number of hydrogen-bond donors (Lipinski definition) is 4. The Kier molecular flexibility index (Phi) is 6.92. The number of aliphatic carboxylic acids is 1. The molecule has 0 aromatic carbocycles. The van der Waals surface area contributed by atoms with E-state index in [9.17, 15) is 19.5 Å². The number of allylic oxidation sites excluding steroid dienone is 1. The molecule has 17 heteroatoms. The van der Waals surface area contributed by atoms with Crippen molar-refractivity contribution in [2.45, 2.75) is 35.5 Å². The highest BCUT2D eigenvalue weighted by atomic mass is 32.2. The molecule has 2 amide bonds. The van der Waals surface area contributed by atoms with Crippen LogP contribution in [0.1, 0.15) is 18.5 Å². The number of β-lactam (4-membered cyclic amide) rings is 1. The Bertz CT molecular complexity index is 1280. The van der Waals surface area contributed by atoms with Crippen molar-refractivity contribution in [1.29, 1.82) is 0 Å². The van der Waals surface area contributed by atoms with E-state index in [1.807, 2.05) is 12.2 Å². The number of thioether (sulfide) groups is 2. The molecule has 1 aliphatic carbocycles. The van der Waals surface area contributed by atoms with Gasteiger partial charge in [-0.2, -0.15) is 5.21 Å². The second-order valence-electron chi connectivity index (χ2n) is 7.76. The smallest absolute Gasteiger partial charge is 0.352 e. The van der Waals surface area contributed by atoms with Crippen LogP contribution in [0.5, 0.6) is 0 Å². The molecule has 5 N–H and O–H groups in total. The van der Waals surface area contributed by atoms with Crippen LogP contribution in [0, 0.1) is 0 Å². The number of carboxylic acids is 1. The fourth-order valence-electron chi connectivity index (χ4n) is 3.78. The standard InChI is InChI=1S/C19H19N9O5S3/c20-18-21-10(7-35-18)11(25-33-9-3-1-2-4-9)14(29)22-12-15(30)28-13(17(31)32)8(5-34-16(12)28)6-36-19-23-26-27-24-19/h1,3,7,9,12,16H,2,4-6H2,(H2,20,21)(H,22,29)(H,31,32)(H,23,24,26,27)/b25-11+. The third-order valence-electron chi connectivity index (χ3n) is 5.47. The van der Waals surface area contributed by atoms with Crippen molar-refractivity contribution < 1.29 is 24.3 Å². The van der Waals surface area contributed by atoms with Crippen LogP contribution in [0.15, 0.2) is 39.1 Å². The van der Waals surface area contributed by atoms with Crippen molar-refractivity contribution >= 4 is 63.5 Å². The highest BCUT2D eigenvalue weighted by Crippen LogP contribution is 2.41. The van der Waals surface area contributed by atoms with Crippen molar-refractivity contribution in [3.63, 3.8) is 0 Å². The number of anilines is 1. The molecule has 0 radical (unpaired) electrons. The molecule has 2 aromatic rings. The summed E-state index contributed by atoms with van der Waals surface area (Å²) in [4.78, 5) is 49.0. The number of H-pyrrole nitrogens is 1.